The third kappa shape index (κ3) is 7.53. The zero-order valence-corrected chi connectivity index (χ0v) is 8.16. The maximum atomic E-state index is 10.6. The molecule has 0 aromatic carbocycles. The van der Waals surface area contributed by atoms with E-state index in [-0.39, 0.29) is 6.10 Å². The first-order valence-corrected chi connectivity index (χ1v) is 4.62. The number of allylic oxidation sites excluding steroid dienone is 1. The number of carbonyl (C=O) groups excluding carboxylic acids is 1. The average molecular weight is 186 g/mol. The van der Waals surface area contributed by atoms with E-state index in [1.807, 2.05) is 13.0 Å². The SMILES string of the molecule is C=CCCCCC(C)OC(=O)CO. The van der Waals surface area contributed by atoms with Gasteiger partial charge in [0.2, 0.25) is 0 Å². The van der Waals surface area contributed by atoms with Gasteiger partial charge in [0.25, 0.3) is 0 Å². The molecule has 0 heterocycles. The lowest BCUT2D eigenvalue weighted by molar-refractivity contribution is -0.151. The van der Waals surface area contributed by atoms with Gasteiger partial charge in [0.05, 0.1) is 6.10 Å². The van der Waals surface area contributed by atoms with Crippen LogP contribution in [0.15, 0.2) is 12.7 Å². The van der Waals surface area contributed by atoms with Gasteiger partial charge in [-0.3, -0.25) is 0 Å². The van der Waals surface area contributed by atoms with E-state index in [4.69, 9.17) is 9.84 Å². The van der Waals surface area contributed by atoms with Crippen LogP contribution >= 0.6 is 0 Å². The smallest absolute Gasteiger partial charge is 0.332 e. The summed E-state index contributed by atoms with van der Waals surface area (Å²) < 4.78 is 4.86. The molecular formula is C10H18O3. The van der Waals surface area contributed by atoms with Crippen molar-refractivity contribution < 1.29 is 14.6 Å². The molecule has 0 rings (SSSR count). The van der Waals surface area contributed by atoms with Crippen molar-refractivity contribution in [1.29, 1.82) is 0 Å². The molecule has 0 aromatic heterocycles. The summed E-state index contributed by atoms with van der Waals surface area (Å²) in [5.74, 6) is -0.545. The monoisotopic (exact) mass is 186 g/mol. The fraction of sp³-hybridized carbons (Fsp3) is 0.700. The minimum absolute atomic E-state index is 0.0931. The summed E-state index contributed by atoms with van der Waals surface area (Å²) in [6, 6.07) is 0. The summed E-state index contributed by atoms with van der Waals surface area (Å²) in [6.07, 6.45) is 5.73. The van der Waals surface area contributed by atoms with E-state index in [1.165, 1.54) is 0 Å². The van der Waals surface area contributed by atoms with Crippen LogP contribution < -0.4 is 0 Å². The van der Waals surface area contributed by atoms with Gasteiger partial charge < -0.3 is 9.84 Å². The van der Waals surface area contributed by atoms with E-state index < -0.39 is 12.6 Å². The van der Waals surface area contributed by atoms with Crippen molar-refractivity contribution in [3.63, 3.8) is 0 Å². The molecular weight excluding hydrogens is 168 g/mol. The Morgan fingerprint density at radius 1 is 1.62 bits per heavy atom. The van der Waals surface area contributed by atoms with E-state index in [2.05, 4.69) is 6.58 Å². The number of hydrogen-bond acceptors (Lipinski definition) is 3. The molecule has 1 N–H and O–H groups in total. The Hall–Kier alpha value is -0.830. The van der Waals surface area contributed by atoms with Crippen LogP contribution in [-0.4, -0.2) is 23.8 Å². The highest BCUT2D eigenvalue weighted by atomic mass is 16.6. The van der Waals surface area contributed by atoms with Crippen LogP contribution in [0, 0.1) is 0 Å². The molecule has 0 radical (unpaired) electrons. The van der Waals surface area contributed by atoms with Crippen LogP contribution in [0.1, 0.15) is 32.6 Å². The zero-order chi connectivity index (χ0) is 10.1. The van der Waals surface area contributed by atoms with Crippen molar-refractivity contribution >= 4 is 5.97 Å². The number of rotatable bonds is 7. The van der Waals surface area contributed by atoms with Crippen molar-refractivity contribution in [3.8, 4) is 0 Å². The normalized spacial score (nSPS) is 12.2. The standard InChI is InChI=1S/C10H18O3/c1-3-4-5-6-7-9(2)13-10(12)8-11/h3,9,11H,1,4-8H2,2H3. The van der Waals surface area contributed by atoms with Crippen LogP contribution in [0.25, 0.3) is 0 Å². The number of esters is 1. The Balaban J connectivity index is 3.34. The van der Waals surface area contributed by atoms with Gasteiger partial charge >= 0.3 is 5.97 Å². The Labute approximate surface area is 79.4 Å². The molecule has 0 aliphatic heterocycles. The topological polar surface area (TPSA) is 46.5 Å². The van der Waals surface area contributed by atoms with Crippen molar-refractivity contribution in [2.75, 3.05) is 6.61 Å². The second kappa shape index (κ2) is 7.80. The van der Waals surface area contributed by atoms with Crippen molar-refractivity contribution in [2.45, 2.75) is 38.7 Å². The van der Waals surface area contributed by atoms with E-state index >= 15 is 0 Å². The molecule has 0 saturated carbocycles. The molecule has 0 fully saturated rings. The van der Waals surface area contributed by atoms with Gasteiger partial charge in [-0.2, -0.15) is 0 Å². The number of unbranched alkanes of at least 4 members (excludes halogenated alkanes) is 2. The van der Waals surface area contributed by atoms with Crippen molar-refractivity contribution in [3.05, 3.63) is 12.7 Å². The van der Waals surface area contributed by atoms with Gasteiger partial charge in [-0.15, -0.1) is 6.58 Å². The minimum atomic E-state index is -0.545. The molecule has 3 nitrogen and oxygen atoms in total. The Morgan fingerprint density at radius 2 is 2.31 bits per heavy atom. The lowest BCUT2D eigenvalue weighted by atomic mass is 10.1. The van der Waals surface area contributed by atoms with E-state index in [9.17, 15) is 4.79 Å². The molecule has 0 aromatic rings. The summed E-state index contributed by atoms with van der Waals surface area (Å²) in [5.41, 5.74) is 0. The fourth-order valence-corrected chi connectivity index (χ4v) is 1.04. The molecule has 3 heteroatoms. The maximum Gasteiger partial charge on any atom is 0.332 e. The zero-order valence-electron chi connectivity index (χ0n) is 8.16. The van der Waals surface area contributed by atoms with E-state index in [0.29, 0.717) is 0 Å². The molecule has 13 heavy (non-hydrogen) atoms. The van der Waals surface area contributed by atoms with E-state index in [0.717, 1.165) is 25.7 Å². The van der Waals surface area contributed by atoms with Crippen LogP contribution in [0.5, 0.6) is 0 Å². The molecule has 1 atom stereocenters. The Kier molecular flexibility index (Phi) is 7.30. The van der Waals surface area contributed by atoms with E-state index in [1.54, 1.807) is 0 Å². The first-order valence-electron chi connectivity index (χ1n) is 4.62. The quantitative estimate of drug-likeness (QED) is 0.373. The summed E-state index contributed by atoms with van der Waals surface area (Å²) in [4.78, 5) is 10.6. The van der Waals surface area contributed by atoms with Crippen LogP contribution in [0.3, 0.4) is 0 Å². The second-order valence-electron chi connectivity index (χ2n) is 3.03. The Bertz CT molecular complexity index is 154. The summed E-state index contributed by atoms with van der Waals surface area (Å²) in [7, 11) is 0. The third-order valence-corrected chi connectivity index (χ3v) is 1.73. The van der Waals surface area contributed by atoms with Gasteiger partial charge in [0, 0.05) is 0 Å². The fourth-order valence-electron chi connectivity index (χ4n) is 1.04. The highest BCUT2D eigenvalue weighted by molar-refractivity contribution is 5.70. The van der Waals surface area contributed by atoms with Gasteiger partial charge in [-0.05, 0) is 32.6 Å². The van der Waals surface area contributed by atoms with Gasteiger partial charge in [0.1, 0.15) is 6.61 Å². The molecule has 0 spiro atoms. The summed E-state index contributed by atoms with van der Waals surface area (Å²) in [5, 5.41) is 8.41. The molecule has 0 amide bonds. The van der Waals surface area contributed by atoms with Crippen LogP contribution in [0.4, 0.5) is 0 Å². The molecule has 0 bridgehead atoms. The molecule has 0 aliphatic carbocycles. The summed E-state index contributed by atoms with van der Waals surface area (Å²) >= 11 is 0. The highest BCUT2D eigenvalue weighted by Crippen LogP contribution is 2.06. The van der Waals surface area contributed by atoms with Crippen LogP contribution in [-0.2, 0) is 9.53 Å². The predicted octanol–water partition coefficient (Wildman–Crippen LogP) is 1.66. The first-order chi connectivity index (χ1) is 6.20. The average Bonchev–Trinajstić information content (AvgIpc) is 2.12. The lowest BCUT2D eigenvalue weighted by Crippen LogP contribution is -2.17. The molecule has 0 aliphatic rings. The second-order valence-corrected chi connectivity index (χ2v) is 3.03. The van der Waals surface area contributed by atoms with Gasteiger partial charge in [-0.25, -0.2) is 4.79 Å². The minimum Gasteiger partial charge on any atom is -0.461 e. The van der Waals surface area contributed by atoms with Crippen LogP contribution in [0.2, 0.25) is 0 Å². The first kappa shape index (κ1) is 12.2. The van der Waals surface area contributed by atoms with Crippen molar-refractivity contribution in [2.24, 2.45) is 0 Å². The molecule has 1 unspecified atom stereocenters. The predicted molar refractivity (Wildman–Crippen MR) is 51.3 cm³/mol. The summed E-state index contributed by atoms with van der Waals surface area (Å²) in [6.45, 7) is 4.92. The van der Waals surface area contributed by atoms with Gasteiger partial charge in [-0.1, -0.05) is 6.08 Å². The van der Waals surface area contributed by atoms with Crippen molar-refractivity contribution in [1.82, 2.24) is 0 Å². The number of carbonyl (C=O) groups is 1. The van der Waals surface area contributed by atoms with Gasteiger partial charge in [0.15, 0.2) is 0 Å². The number of ether oxygens (including phenoxy) is 1. The number of aliphatic hydroxyl groups excluding tert-OH is 1. The molecule has 0 saturated heterocycles. The third-order valence-electron chi connectivity index (χ3n) is 1.73. The number of aliphatic hydroxyl groups is 1. The number of hydrogen-bond donors (Lipinski definition) is 1. The molecule has 76 valence electrons. The maximum absolute atomic E-state index is 10.6. The lowest BCUT2D eigenvalue weighted by Gasteiger charge is -2.11. The highest BCUT2D eigenvalue weighted by Gasteiger charge is 2.06. The largest absolute Gasteiger partial charge is 0.461 e. The Morgan fingerprint density at radius 3 is 2.85 bits per heavy atom.